The molecule has 2 aromatic carbocycles. The van der Waals surface area contributed by atoms with E-state index in [0.29, 0.717) is 16.9 Å². The fraction of sp³-hybridized carbons (Fsp3) is 0.391. The zero-order chi connectivity index (χ0) is 19.9. The summed E-state index contributed by atoms with van der Waals surface area (Å²) >= 11 is 0. The van der Waals surface area contributed by atoms with Crippen LogP contribution < -0.4 is 15.4 Å². The summed E-state index contributed by atoms with van der Waals surface area (Å²) in [6.07, 6.45) is 5.46. The number of benzene rings is 2. The molecule has 5 heteroatoms. The molecule has 2 N–H and O–H groups in total. The van der Waals surface area contributed by atoms with Gasteiger partial charge in [0.1, 0.15) is 5.75 Å². The predicted molar refractivity (Wildman–Crippen MR) is 112 cm³/mol. The normalized spacial score (nSPS) is 14.5. The third kappa shape index (κ3) is 5.59. The molecule has 1 aliphatic carbocycles. The number of hydrogen-bond donors (Lipinski definition) is 2. The quantitative estimate of drug-likeness (QED) is 0.720. The van der Waals surface area contributed by atoms with Gasteiger partial charge in [0.25, 0.3) is 5.91 Å². The molecule has 0 aliphatic heterocycles. The molecule has 2 aromatic rings. The molecule has 5 nitrogen and oxygen atoms in total. The van der Waals surface area contributed by atoms with Gasteiger partial charge in [-0.05, 0) is 69.2 Å². The second-order valence-corrected chi connectivity index (χ2v) is 7.55. The Balaban J connectivity index is 1.60. The molecule has 0 saturated heterocycles. The van der Waals surface area contributed by atoms with E-state index in [-0.39, 0.29) is 23.8 Å². The highest BCUT2D eigenvalue weighted by Gasteiger charge is 2.21. The van der Waals surface area contributed by atoms with E-state index in [9.17, 15) is 9.59 Å². The summed E-state index contributed by atoms with van der Waals surface area (Å²) in [7, 11) is 0. The first-order chi connectivity index (χ1) is 13.5. The molecule has 0 aromatic heterocycles. The van der Waals surface area contributed by atoms with Gasteiger partial charge in [-0.2, -0.15) is 0 Å². The maximum absolute atomic E-state index is 12.5. The molecular weight excluding hydrogens is 352 g/mol. The zero-order valence-corrected chi connectivity index (χ0v) is 16.5. The van der Waals surface area contributed by atoms with Crippen molar-refractivity contribution in [1.82, 2.24) is 0 Å². The Hall–Kier alpha value is -2.82. The third-order valence-electron chi connectivity index (χ3n) is 4.85. The standard InChI is InChI=1S/C23H28N2O3/c1-16(2)28-21-13-11-18(12-14-21)23(27)25-20-10-6-9-19(15-20)24-22(26)17-7-4-3-5-8-17/h6,9-17H,3-5,7-8H2,1-2H3,(H,24,26)(H,25,27). The fourth-order valence-electron chi connectivity index (χ4n) is 3.44. The predicted octanol–water partition coefficient (Wildman–Crippen LogP) is 5.24. The Morgan fingerprint density at radius 2 is 1.57 bits per heavy atom. The maximum atomic E-state index is 12.5. The van der Waals surface area contributed by atoms with Gasteiger partial charge in [0.15, 0.2) is 0 Å². The van der Waals surface area contributed by atoms with Crippen LogP contribution in [0.5, 0.6) is 5.75 Å². The number of rotatable bonds is 6. The van der Waals surface area contributed by atoms with Gasteiger partial charge in [0.05, 0.1) is 6.10 Å². The van der Waals surface area contributed by atoms with Gasteiger partial charge < -0.3 is 15.4 Å². The van der Waals surface area contributed by atoms with Gasteiger partial charge in [-0.15, -0.1) is 0 Å². The van der Waals surface area contributed by atoms with Crippen LogP contribution in [0.4, 0.5) is 11.4 Å². The molecule has 0 radical (unpaired) electrons. The monoisotopic (exact) mass is 380 g/mol. The van der Waals surface area contributed by atoms with Crippen LogP contribution in [0.2, 0.25) is 0 Å². The first kappa shape index (κ1) is 19.9. The van der Waals surface area contributed by atoms with Crippen LogP contribution in [0.15, 0.2) is 48.5 Å². The zero-order valence-electron chi connectivity index (χ0n) is 16.5. The van der Waals surface area contributed by atoms with E-state index in [1.165, 1.54) is 6.42 Å². The van der Waals surface area contributed by atoms with Crippen molar-refractivity contribution in [1.29, 1.82) is 0 Å². The van der Waals surface area contributed by atoms with Crippen LogP contribution in [-0.2, 0) is 4.79 Å². The number of carbonyl (C=O) groups excluding carboxylic acids is 2. The van der Waals surface area contributed by atoms with Gasteiger partial charge in [0, 0.05) is 22.9 Å². The van der Waals surface area contributed by atoms with Crippen molar-refractivity contribution in [2.24, 2.45) is 5.92 Å². The summed E-state index contributed by atoms with van der Waals surface area (Å²) in [6, 6.07) is 14.3. The summed E-state index contributed by atoms with van der Waals surface area (Å²) in [6.45, 7) is 3.92. The van der Waals surface area contributed by atoms with E-state index in [1.807, 2.05) is 32.0 Å². The maximum Gasteiger partial charge on any atom is 0.255 e. The average Bonchev–Trinajstić information content (AvgIpc) is 2.69. The SMILES string of the molecule is CC(C)Oc1ccc(C(=O)Nc2cccc(NC(=O)C3CCCCC3)c2)cc1. The Morgan fingerprint density at radius 1 is 0.929 bits per heavy atom. The molecule has 148 valence electrons. The van der Waals surface area contributed by atoms with Gasteiger partial charge in [-0.25, -0.2) is 0 Å². The Labute approximate surface area is 166 Å². The van der Waals surface area contributed by atoms with Crippen molar-refractivity contribution >= 4 is 23.2 Å². The highest BCUT2D eigenvalue weighted by atomic mass is 16.5. The lowest BCUT2D eigenvalue weighted by atomic mass is 9.88. The van der Waals surface area contributed by atoms with Crippen LogP contribution in [0.1, 0.15) is 56.3 Å². The minimum Gasteiger partial charge on any atom is -0.491 e. The summed E-state index contributed by atoms with van der Waals surface area (Å²) in [5.74, 6) is 0.702. The number of hydrogen-bond acceptors (Lipinski definition) is 3. The molecule has 0 bridgehead atoms. The first-order valence-corrected chi connectivity index (χ1v) is 10.0. The van der Waals surface area contributed by atoms with Crippen molar-refractivity contribution in [2.75, 3.05) is 10.6 Å². The van der Waals surface area contributed by atoms with Crippen LogP contribution in [0.3, 0.4) is 0 Å². The number of carbonyl (C=O) groups is 2. The molecule has 28 heavy (non-hydrogen) atoms. The largest absolute Gasteiger partial charge is 0.491 e. The lowest BCUT2D eigenvalue weighted by molar-refractivity contribution is -0.120. The van der Waals surface area contributed by atoms with Gasteiger partial charge in [-0.3, -0.25) is 9.59 Å². The van der Waals surface area contributed by atoms with Crippen molar-refractivity contribution in [2.45, 2.75) is 52.1 Å². The molecular formula is C23H28N2O3. The molecule has 1 saturated carbocycles. The summed E-state index contributed by atoms with van der Waals surface area (Å²) < 4.78 is 5.60. The van der Waals surface area contributed by atoms with Crippen LogP contribution in [0, 0.1) is 5.92 Å². The minimum atomic E-state index is -0.202. The number of amides is 2. The van der Waals surface area contributed by atoms with E-state index in [2.05, 4.69) is 10.6 Å². The van der Waals surface area contributed by atoms with Gasteiger partial charge in [0.2, 0.25) is 5.91 Å². The Morgan fingerprint density at radius 3 is 2.21 bits per heavy atom. The van der Waals surface area contributed by atoms with Gasteiger partial charge >= 0.3 is 0 Å². The minimum absolute atomic E-state index is 0.0731. The summed E-state index contributed by atoms with van der Waals surface area (Å²) in [5.41, 5.74) is 1.90. The molecule has 0 unspecified atom stereocenters. The Kier molecular flexibility index (Phi) is 6.69. The van der Waals surface area contributed by atoms with E-state index in [1.54, 1.807) is 30.3 Å². The molecule has 1 fully saturated rings. The van der Waals surface area contributed by atoms with Crippen molar-refractivity contribution < 1.29 is 14.3 Å². The van der Waals surface area contributed by atoms with Gasteiger partial charge in [-0.1, -0.05) is 25.3 Å². The summed E-state index contributed by atoms with van der Waals surface area (Å²) in [5, 5.41) is 5.86. The van der Waals surface area contributed by atoms with Crippen LogP contribution in [0.25, 0.3) is 0 Å². The molecule has 0 spiro atoms. The fourth-order valence-corrected chi connectivity index (χ4v) is 3.44. The van der Waals surface area contributed by atoms with Crippen molar-refractivity contribution in [3.8, 4) is 5.75 Å². The smallest absolute Gasteiger partial charge is 0.255 e. The van der Waals surface area contributed by atoms with E-state index >= 15 is 0 Å². The lowest BCUT2D eigenvalue weighted by Gasteiger charge is -2.20. The molecule has 0 heterocycles. The van der Waals surface area contributed by atoms with Crippen molar-refractivity contribution in [3.63, 3.8) is 0 Å². The van der Waals surface area contributed by atoms with E-state index in [4.69, 9.17) is 4.74 Å². The third-order valence-corrected chi connectivity index (χ3v) is 4.85. The highest BCUT2D eigenvalue weighted by molar-refractivity contribution is 6.04. The molecule has 1 aliphatic rings. The van der Waals surface area contributed by atoms with E-state index in [0.717, 1.165) is 31.4 Å². The van der Waals surface area contributed by atoms with Crippen LogP contribution >= 0.6 is 0 Å². The topological polar surface area (TPSA) is 67.4 Å². The highest BCUT2D eigenvalue weighted by Crippen LogP contribution is 2.25. The number of ether oxygens (including phenoxy) is 1. The van der Waals surface area contributed by atoms with E-state index < -0.39 is 0 Å². The number of anilines is 2. The number of nitrogens with one attached hydrogen (secondary N) is 2. The molecule has 0 atom stereocenters. The Bertz CT molecular complexity index is 809. The first-order valence-electron chi connectivity index (χ1n) is 10.0. The summed E-state index contributed by atoms with van der Waals surface area (Å²) in [4.78, 5) is 24.9. The second-order valence-electron chi connectivity index (χ2n) is 7.55. The lowest BCUT2D eigenvalue weighted by Crippen LogP contribution is -2.24. The van der Waals surface area contributed by atoms with Crippen LogP contribution in [-0.4, -0.2) is 17.9 Å². The second kappa shape index (κ2) is 9.40. The average molecular weight is 380 g/mol. The van der Waals surface area contributed by atoms with Crippen molar-refractivity contribution in [3.05, 3.63) is 54.1 Å². The molecule has 2 amide bonds. The molecule has 3 rings (SSSR count).